The van der Waals surface area contributed by atoms with Crippen LogP contribution in [-0.4, -0.2) is 29.3 Å². The lowest BCUT2D eigenvalue weighted by Crippen LogP contribution is -2.38. The van der Waals surface area contributed by atoms with Crippen molar-refractivity contribution in [3.05, 3.63) is 69.7 Å². The van der Waals surface area contributed by atoms with Gasteiger partial charge in [-0.1, -0.05) is 24.3 Å². The minimum atomic E-state index is -0.471. The normalized spacial score (nSPS) is 15.8. The molecule has 1 aliphatic rings. The maximum absolute atomic E-state index is 13.2. The first-order chi connectivity index (χ1) is 13.5. The zero-order valence-corrected chi connectivity index (χ0v) is 17.3. The molecule has 1 aliphatic carbocycles. The Morgan fingerprint density at radius 1 is 1.29 bits per heavy atom. The van der Waals surface area contributed by atoms with E-state index in [4.69, 9.17) is 4.74 Å². The van der Waals surface area contributed by atoms with Crippen LogP contribution in [0.2, 0.25) is 0 Å². The molecule has 6 heteroatoms. The SMILES string of the molecule is COc1ccccc1C1(C(=O)NCC(c2cccs2)n2nc(C)cc2C)CC1. The van der Waals surface area contributed by atoms with Crippen molar-refractivity contribution in [1.29, 1.82) is 0 Å². The third-order valence-electron chi connectivity index (χ3n) is 5.47. The quantitative estimate of drug-likeness (QED) is 0.658. The summed E-state index contributed by atoms with van der Waals surface area (Å²) in [6, 6.07) is 14.0. The average Bonchev–Trinajstić information content (AvgIpc) is 3.20. The third kappa shape index (κ3) is 3.33. The number of carbonyl (C=O) groups excluding carboxylic acids is 1. The molecule has 28 heavy (non-hydrogen) atoms. The molecule has 2 heterocycles. The zero-order valence-electron chi connectivity index (χ0n) is 16.4. The van der Waals surface area contributed by atoms with Crippen LogP contribution < -0.4 is 10.1 Å². The van der Waals surface area contributed by atoms with Crippen LogP contribution in [0.15, 0.2) is 47.8 Å². The number of aryl methyl sites for hydroxylation is 2. The van der Waals surface area contributed by atoms with Crippen LogP contribution in [0.1, 0.15) is 40.7 Å². The topological polar surface area (TPSA) is 56.1 Å². The number of rotatable bonds is 7. The Kier molecular flexibility index (Phi) is 4.98. The van der Waals surface area contributed by atoms with Crippen molar-refractivity contribution in [1.82, 2.24) is 15.1 Å². The highest BCUT2D eigenvalue weighted by molar-refractivity contribution is 7.10. The molecule has 0 bridgehead atoms. The van der Waals surface area contributed by atoms with Crippen molar-refractivity contribution in [2.75, 3.05) is 13.7 Å². The van der Waals surface area contributed by atoms with Gasteiger partial charge in [-0.15, -0.1) is 11.3 Å². The lowest BCUT2D eigenvalue weighted by molar-refractivity contribution is -0.123. The van der Waals surface area contributed by atoms with Crippen LogP contribution in [0.5, 0.6) is 5.75 Å². The van der Waals surface area contributed by atoms with Gasteiger partial charge in [0.1, 0.15) is 11.8 Å². The molecule has 1 fully saturated rings. The van der Waals surface area contributed by atoms with E-state index < -0.39 is 5.41 Å². The molecule has 146 valence electrons. The number of aromatic nitrogens is 2. The number of amides is 1. The van der Waals surface area contributed by atoms with Gasteiger partial charge in [-0.3, -0.25) is 9.48 Å². The van der Waals surface area contributed by atoms with Crippen LogP contribution in [0, 0.1) is 13.8 Å². The summed E-state index contributed by atoms with van der Waals surface area (Å²) >= 11 is 1.69. The number of thiophene rings is 1. The van der Waals surface area contributed by atoms with E-state index in [2.05, 4.69) is 34.9 Å². The number of hydrogen-bond acceptors (Lipinski definition) is 4. The predicted octanol–water partition coefficient (Wildman–Crippen LogP) is 4.01. The molecule has 0 saturated heterocycles. The molecular weight excluding hydrogens is 370 g/mol. The highest BCUT2D eigenvalue weighted by Gasteiger charge is 2.52. The summed E-state index contributed by atoms with van der Waals surface area (Å²) < 4.78 is 7.52. The number of nitrogens with one attached hydrogen (secondary N) is 1. The summed E-state index contributed by atoms with van der Waals surface area (Å²) in [5.74, 6) is 0.851. The van der Waals surface area contributed by atoms with Gasteiger partial charge in [-0.2, -0.15) is 5.10 Å². The second-order valence-corrected chi connectivity index (χ2v) is 8.37. The van der Waals surface area contributed by atoms with Gasteiger partial charge in [0.2, 0.25) is 5.91 Å². The van der Waals surface area contributed by atoms with E-state index in [0.717, 1.165) is 35.5 Å². The molecule has 1 saturated carbocycles. The van der Waals surface area contributed by atoms with Gasteiger partial charge in [-0.25, -0.2) is 0 Å². The lowest BCUT2D eigenvalue weighted by Gasteiger charge is -2.22. The van der Waals surface area contributed by atoms with Crippen molar-refractivity contribution in [3.63, 3.8) is 0 Å². The Bertz CT molecular complexity index is 974. The molecule has 1 unspecified atom stereocenters. The van der Waals surface area contributed by atoms with Gasteiger partial charge >= 0.3 is 0 Å². The molecule has 4 rings (SSSR count). The zero-order chi connectivity index (χ0) is 19.7. The van der Waals surface area contributed by atoms with Crippen molar-refractivity contribution in [2.45, 2.75) is 38.1 Å². The Morgan fingerprint density at radius 3 is 2.68 bits per heavy atom. The van der Waals surface area contributed by atoms with E-state index in [-0.39, 0.29) is 11.9 Å². The minimum Gasteiger partial charge on any atom is -0.496 e. The molecule has 1 atom stereocenters. The molecule has 1 N–H and O–H groups in total. The van der Waals surface area contributed by atoms with Crippen LogP contribution in [0.3, 0.4) is 0 Å². The lowest BCUT2D eigenvalue weighted by atomic mass is 9.94. The van der Waals surface area contributed by atoms with E-state index >= 15 is 0 Å². The number of ether oxygens (including phenoxy) is 1. The first-order valence-electron chi connectivity index (χ1n) is 9.53. The number of hydrogen-bond donors (Lipinski definition) is 1. The smallest absolute Gasteiger partial charge is 0.230 e. The van der Waals surface area contributed by atoms with Crippen molar-refractivity contribution >= 4 is 17.2 Å². The minimum absolute atomic E-state index is 0.00822. The summed E-state index contributed by atoms with van der Waals surface area (Å²) in [5, 5.41) is 9.93. The molecule has 5 nitrogen and oxygen atoms in total. The van der Waals surface area contributed by atoms with Crippen LogP contribution in [-0.2, 0) is 10.2 Å². The van der Waals surface area contributed by atoms with Gasteiger partial charge in [0.05, 0.1) is 18.2 Å². The largest absolute Gasteiger partial charge is 0.496 e. The highest BCUT2D eigenvalue weighted by atomic mass is 32.1. The van der Waals surface area contributed by atoms with Gasteiger partial charge in [0.25, 0.3) is 0 Å². The number of nitrogens with zero attached hydrogens (tertiary/aromatic N) is 2. The van der Waals surface area contributed by atoms with Gasteiger partial charge < -0.3 is 10.1 Å². The maximum atomic E-state index is 13.2. The summed E-state index contributed by atoms with van der Waals surface area (Å²) in [7, 11) is 1.66. The second-order valence-electron chi connectivity index (χ2n) is 7.40. The molecule has 0 spiro atoms. The Labute approximate surface area is 169 Å². The number of benzene rings is 1. The van der Waals surface area contributed by atoms with E-state index in [1.54, 1.807) is 18.4 Å². The van der Waals surface area contributed by atoms with Crippen LogP contribution in [0.4, 0.5) is 0 Å². The van der Waals surface area contributed by atoms with Gasteiger partial charge in [0, 0.05) is 22.7 Å². The molecule has 0 radical (unpaired) electrons. The van der Waals surface area contributed by atoms with Gasteiger partial charge in [0.15, 0.2) is 0 Å². The van der Waals surface area contributed by atoms with E-state index in [9.17, 15) is 4.79 Å². The van der Waals surface area contributed by atoms with E-state index in [1.165, 1.54) is 4.88 Å². The summed E-state index contributed by atoms with van der Waals surface area (Å²) in [5.41, 5.74) is 2.59. The first kappa shape index (κ1) is 18.7. The van der Waals surface area contributed by atoms with E-state index in [0.29, 0.717) is 6.54 Å². The summed E-state index contributed by atoms with van der Waals surface area (Å²) in [6.45, 7) is 4.56. The monoisotopic (exact) mass is 395 g/mol. The average molecular weight is 396 g/mol. The number of para-hydroxylation sites is 1. The molecule has 1 aromatic carbocycles. The molecular formula is C22H25N3O2S. The fourth-order valence-corrected chi connectivity index (χ4v) is 4.70. The standard InChI is InChI=1S/C22H25N3O2S/c1-15-13-16(2)25(24-15)18(20-9-6-12-28-20)14-23-21(26)22(10-11-22)17-7-4-5-8-19(17)27-3/h4-9,12-13,18H,10-11,14H2,1-3H3,(H,23,26). The second kappa shape index (κ2) is 7.43. The van der Waals surface area contributed by atoms with E-state index in [1.807, 2.05) is 41.9 Å². The van der Waals surface area contributed by atoms with Crippen molar-refractivity contribution in [3.8, 4) is 5.75 Å². The predicted molar refractivity (Wildman–Crippen MR) is 111 cm³/mol. The highest BCUT2D eigenvalue weighted by Crippen LogP contribution is 2.51. The van der Waals surface area contributed by atoms with Crippen LogP contribution in [0.25, 0.3) is 0 Å². The number of methoxy groups -OCH3 is 1. The Hall–Kier alpha value is -2.60. The molecule has 2 aromatic heterocycles. The number of carbonyl (C=O) groups is 1. The first-order valence-corrected chi connectivity index (χ1v) is 10.4. The van der Waals surface area contributed by atoms with Crippen molar-refractivity contribution in [2.24, 2.45) is 0 Å². The molecule has 0 aliphatic heterocycles. The summed E-state index contributed by atoms with van der Waals surface area (Å²) in [4.78, 5) is 14.4. The molecule has 3 aromatic rings. The molecule has 1 amide bonds. The van der Waals surface area contributed by atoms with Crippen LogP contribution >= 0.6 is 11.3 Å². The fourth-order valence-electron chi connectivity index (χ4n) is 3.89. The Balaban J connectivity index is 1.56. The maximum Gasteiger partial charge on any atom is 0.230 e. The van der Waals surface area contributed by atoms with Crippen molar-refractivity contribution < 1.29 is 9.53 Å². The third-order valence-corrected chi connectivity index (χ3v) is 6.45. The fraction of sp³-hybridized carbons (Fsp3) is 0.364. The summed E-state index contributed by atoms with van der Waals surface area (Å²) in [6.07, 6.45) is 1.70. The van der Waals surface area contributed by atoms with Gasteiger partial charge in [-0.05, 0) is 50.3 Å². The Morgan fingerprint density at radius 2 is 2.07 bits per heavy atom.